The van der Waals surface area contributed by atoms with E-state index < -0.39 is 0 Å². The maximum Gasteiger partial charge on any atom is 0.194 e. The monoisotopic (exact) mass is 362 g/mol. The SMILES string of the molecule is CCc1nncn1CCNC(=NCC1CCOC1)N1CC(C)CC(C)C1. The van der Waals surface area contributed by atoms with Gasteiger partial charge in [-0.15, -0.1) is 10.2 Å². The van der Waals surface area contributed by atoms with Crippen LogP contribution in [0, 0.1) is 17.8 Å². The smallest absolute Gasteiger partial charge is 0.194 e. The van der Waals surface area contributed by atoms with Crippen molar-refractivity contribution in [1.82, 2.24) is 25.0 Å². The van der Waals surface area contributed by atoms with Crippen LogP contribution in [0.1, 0.15) is 39.4 Å². The average molecular weight is 363 g/mol. The largest absolute Gasteiger partial charge is 0.381 e. The molecule has 0 amide bonds. The van der Waals surface area contributed by atoms with Crippen molar-refractivity contribution in [1.29, 1.82) is 0 Å². The number of aromatic nitrogens is 3. The van der Waals surface area contributed by atoms with Crippen molar-refractivity contribution in [2.24, 2.45) is 22.7 Å². The van der Waals surface area contributed by atoms with Gasteiger partial charge in [-0.05, 0) is 24.7 Å². The number of aryl methyl sites for hydroxylation is 1. The third-order valence-electron chi connectivity index (χ3n) is 5.34. The van der Waals surface area contributed by atoms with Gasteiger partial charge in [0.2, 0.25) is 0 Å². The molecule has 2 aliphatic rings. The van der Waals surface area contributed by atoms with E-state index in [1.807, 2.05) is 6.33 Å². The second-order valence-electron chi connectivity index (χ2n) is 7.97. The minimum Gasteiger partial charge on any atom is -0.381 e. The summed E-state index contributed by atoms with van der Waals surface area (Å²) in [6.07, 6.45) is 5.16. The first-order valence-electron chi connectivity index (χ1n) is 10.1. The van der Waals surface area contributed by atoms with Crippen LogP contribution in [0.5, 0.6) is 0 Å². The van der Waals surface area contributed by atoms with Crippen LogP contribution < -0.4 is 5.32 Å². The summed E-state index contributed by atoms with van der Waals surface area (Å²) in [6, 6.07) is 0. The van der Waals surface area contributed by atoms with Crippen LogP contribution in [0.3, 0.4) is 0 Å². The number of hydrogen-bond donors (Lipinski definition) is 1. The van der Waals surface area contributed by atoms with E-state index in [4.69, 9.17) is 9.73 Å². The fraction of sp³-hybridized carbons (Fsp3) is 0.842. The van der Waals surface area contributed by atoms with Crippen molar-refractivity contribution >= 4 is 5.96 Å². The molecule has 0 bridgehead atoms. The Hall–Kier alpha value is -1.63. The lowest BCUT2D eigenvalue weighted by atomic mass is 9.92. The average Bonchev–Trinajstić information content (AvgIpc) is 3.28. The first kappa shape index (κ1) is 19.1. The van der Waals surface area contributed by atoms with E-state index in [1.165, 1.54) is 6.42 Å². The number of ether oxygens (including phenoxy) is 1. The first-order valence-corrected chi connectivity index (χ1v) is 10.1. The number of guanidine groups is 1. The van der Waals surface area contributed by atoms with E-state index in [0.717, 1.165) is 70.6 Å². The van der Waals surface area contributed by atoms with Gasteiger partial charge in [-0.3, -0.25) is 4.99 Å². The van der Waals surface area contributed by atoms with Crippen molar-refractivity contribution in [3.05, 3.63) is 12.2 Å². The van der Waals surface area contributed by atoms with Crippen LogP contribution in [-0.4, -0.2) is 65.0 Å². The van der Waals surface area contributed by atoms with Crippen molar-refractivity contribution < 1.29 is 4.74 Å². The van der Waals surface area contributed by atoms with Gasteiger partial charge >= 0.3 is 0 Å². The quantitative estimate of drug-likeness (QED) is 0.617. The topological polar surface area (TPSA) is 67.6 Å². The summed E-state index contributed by atoms with van der Waals surface area (Å²) in [5, 5.41) is 11.8. The highest BCUT2D eigenvalue weighted by atomic mass is 16.5. The third kappa shape index (κ3) is 5.19. The molecule has 2 saturated heterocycles. The molecule has 0 spiro atoms. The van der Waals surface area contributed by atoms with Gasteiger partial charge in [-0.25, -0.2) is 0 Å². The molecular formula is C19H34N6O. The number of rotatable bonds is 6. The zero-order valence-corrected chi connectivity index (χ0v) is 16.5. The Kier molecular flexibility index (Phi) is 6.88. The Balaban J connectivity index is 1.60. The zero-order chi connectivity index (χ0) is 18.4. The van der Waals surface area contributed by atoms with E-state index in [2.05, 4.69) is 45.8 Å². The minimum absolute atomic E-state index is 0.566. The summed E-state index contributed by atoms with van der Waals surface area (Å²) < 4.78 is 7.63. The zero-order valence-electron chi connectivity index (χ0n) is 16.5. The molecule has 3 atom stereocenters. The van der Waals surface area contributed by atoms with E-state index in [1.54, 1.807) is 0 Å². The Labute approximate surface area is 157 Å². The van der Waals surface area contributed by atoms with Gasteiger partial charge in [0.1, 0.15) is 12.2 Å². The highest BCUT2D eigenvalue weighted by Gasteiger charge is 2.25. The summed E-state index contributed by atoms with van der Waals surface area (Å²) in [5.74, 6) is 4.08. The Bertz CT molecular complexity index is 570. The molecular weight excluding hydrogens is 328 g/mol. The molecule has 7 heteroatoms. The van der Waals surface area contributed by atoms with E-state index in [0.29, 0.717) is 17.8 Å². The number of nitrogens with zero attached hydrogens (tertiary/aromatic N) is 5. The van der Waals surface area contributed by atoms with Crippen molar-refractivity contribution in [3.63, 3.8) is 0 Å². The Morgan fingerprint density at radius 2 is 2.15 bits per heavy atom. The summed E-state index contributed by atoms with van der Waals surface area (Å²) in [6.45, 7) is 13.3. The van der Waals surface area contributed by atoms with E-state index >= 15 is 0 Å². The fourth-order valence-electron chi connectivity index (χ4n) is 4.07. The second-order valence-corrected chi connectivity index (χ2v) is 7.97. The number of piperidine rings is 1. The molecule has 0 aliphatic carbocycles. The number of hydrogen-bond acceptors (Lipinski definition) is 4. The number of likely N-dealkylation sites (tertiary alicyclic amines) is 1. The Morgan fingerprint density at radius 1 is 1.35 bits per heavy atom. The van der Waals surface area contributed by atoms with E-state index in [-0.39, 0.29) is 0 Å². The summed E-state index contributed by atoms with van der Waals surface area (Å²) in [5.41, 5.74) is 0. The molecule has 1 aromatic heterocycles. The van der Waals surface area contributed by atoms with Gasteiger partial charge in [0.15, 0.2) is 5.96 Å². The molecule has 0 aromatic carbocycles. The summed E-state index contributed by atoms with van der Waals surface area (Å²) in [4.78, 5) is 7.42. The maximum atomic E-state index is 5.50. The maximum absolute atomic E-state index is 5.50. The highest BCUT2D eigenvalue weighted by Crippen LogP contribution is 2.21. The predicted octanol–water partition coefficient (Wildman–Crippen LogP) is 1.80. The molecule has 0 radical (unpaired) electrons. The summed E-state index contributed by atoms with van der Waals surface area (Å²) >= 11 is 0. The molecule has 3 rings (SSSR count). The van der Waals surface area contributed by atoms with Crippen molar-refractivity contribution in [2.45, 2.75) is 46.6 Å². The number of nitrogens with one attached hydrogen (secondary N) is 1. The van der Waals surface area contributed by atoms with Crippen molar-refractivity contribution in [3.8, 4) is 0 Å². The molecule has 7 nitrogen and oxygen atoms in total. The normalized spacial score (nSPS) is 27.1. The van der Waals surface area contributed by atoms with Crippen LogP contribution in [0.25, 0.3) is 0 Å². The van der Waals surface area contributed by atoms with E-state index in [9.17, 15) is 0 Å². The van der Waals surface area contributed by atoms with Crippen LogP contribution in [0.2, 0.25) is 0 Å². The van der Waals surface area contributed by atoms with Crippen LogP contribution in [0.4, 0.5) is 0 Å². The number of aliphatic imine (C=N–C) groups is 1. The lowest BCUT2D eigenvalue weighted by Crippen LogP contribution is -2.49. The van der Waals surface area contributed by atoms with Gasteiger partial charge in [-0.2, -0.15) is 0 Å². The second kappa shape index (κ2) is 9.35. The van der Waals surface area contributed by atoms with Gasteiger partial charge in [0, 0.05) is 51.7 Å². The summed E-state index contributed by atoms with van der Waals surface area (Å²) in [7, 11) is 0. The molecule has 3 unspecified atom stereocenters. The Morgan fingerprint density at radius 3 is 2.85 bits per heavy atom. The molecule has 1 aromatic rings. The first-order chi connectivity index (χ1) is 12.7. The fourth-order valence-corrected chi connectivity index (χ4v) is 4.07. The van der Waals surface area contributed by atoms with Gasteiger partial charge in [0.05, 0.1) is 6.61 Å². The molecule has 0 saturated carbocycles. The van der Waals surface area contributed by atoms with Gasteiger partial charge < -0.3 is 19.5 Å². The molecule has 26 heavy (non-hydrogen) atoms. The highest BCUT2D eigenvalue weighted by molar-refractivity contribution is 5.80. The van der Waals surface area contributed by atoms with Gasteiger partial charge in [0.25, 0.3) is 0 Å². The molecule has 2 aliphatic heterocycles. The molecule has 3 heterocycles. The van der Waals surface area contributed by atoms with Crippen molar-refractivity contribution in [2.75, 3.05) is 39.4 Å². The molecule has 2 fully saturated rings. The minimum atomic E-state index is 0.566. The predicted molar refractivity (Wildman–Crippen MR) is 103 cm³/mol. The van der Waals surface area contributed by atoms with Gasteiger partial charge in [-0.1, -0.05) is 20.8 Å². The molecule has 1 N–H and O–H groups in total. The third-order valence-corrected chi connectivity index (χ3v) is 5.34. The standard InChI is InChI=1S/C19H34N6O/c1-4-18-23-22-14-24(18)7-6-20-19(21-10-17-5-8-26-13-17)25-11-15(2)9-16(3)12-25/h14-17H,4-13H2,1-3H3,(H,20,21). The molecule has 146 valence electrons. The van der Waals surface area contributed by atoms with Crippen LogP contribution in [0.15, 0.2) is 11.3 Å². The lowest BCUT2D eigenvalue weighted by molar-refractivity contribution is 0.186. The van der Waals surface area contributed by atoms with Crippen LogP contribution in [-0.2, 0) is 17.7 Å². The van der Waals surface area contributed by atoms with Crippen LogP contribution >= 0.6 is 0 Å². The lowest BCUT2D eigenvalue weighted by Gasteiger charge is -2.37.